The van der Waals surface area contributed by atoms with Crippen molar-refractivity contribution in [2.75, 3.05) is 16.2 Å². The second kappa shape index (κ2) is 9.02. The van der Waals surface area contributed by atoms with Crippen LogP contribution < -0.4 is 9.62 Å². The zero-order valence-corrected chi connectivity index (χ0v) is 19.4. The minimum Gasteiger partial charge on any atom is -0.324 e. The predicted octanol–water partition coefficient (Wildman–Crippen LogP) is 5.21. The van der Waals surface area contributed by atoms with Gasteiger partial charge in [0, 0.05) is 10.2 Å². The number of anilines is 2. The molecule has 0 saturated heterocycles. The molecule has 0 bridgehead atoms. The van der Waals surface area contributed by atoms with E-state index >= 15 is 0 Å². The van der Waals surface area contributed by atoms with Crippen molar-refractivity contribution >= 4 is 43.2 Å². The van der Waals surface area contributed by atoms with Gasteiger partial charge in [0.2, 0.25) is 5.91 Å². The number of rotatable bonds is 6. The number of nitrogens with zero attached hydrogens (tertiary/aromatic N) is 1. The molecule has 3 rings (SSSR count). The van der Waals surface area contributed by atoms with E-state index in [2.05, 4.69) is 21.2 Å². The van der Waals surface area contributed by atoms with Crippen LogP contribution in [0.2, 0.25) is 0 Å². The van der Waals surface area contributed by atoms with Gasteiger partial charge in [-0.1, -0.05) is 51.3 Å². The molecule has 1 N–H and O–H groups in total. The van der Waals surface area contributed by atoms with Crippen LogP contribution >= 0.6 is 15.9 Å². The number of benzene rings is 3. The third-order valence-corrected chi connectivity index (χ3v) is 6.98. The monoisotopic (exact) mass is 486 g/mol. The highest BCUT2D eigenvalue weighted by Crippen LogP contribution is 2.26. The Kier molecular flexibility index (Phi) is 6.63. The molecule has 0 aromatic heterocycles. The minimum atomic E-state index is -3.93. The van der Waals surface area contributed by atoms with Crippen LogP contribution in [0.25, 0.3) is 0 Å². The lowest BCUT2D eigenvalue weighted by Crippen LogP contribution is -2.38. The molecular formula is C23H23BrN2O3S. The van der Waals surface area contributed by atoms with Gasteiger partial charge in [-0.2, -0.15) is 0 Å². The first-order valence-electron chi connectivity index (χ1n) is 9.39. The molecule has 0 unspecified atom stereocenters. The summed E-state index contributed by atoms with van der Waals surface area (Å²) < 4.78 is 28.7. The van der Waals surface area contributed by atoms with E-state index in [1.807, 2.05) is 39.0 Å². The number of hydrogen-bond acceptors (Lipinski definition) is 3. The first-order chi connectivity index (χ1) is 14.2. The number of halogens is 1. The van der Waals surface area contributed by atoms with Crippen molar-refractivity contribution in [3.8, 4) is 0 Å². The Bertz CT molecular complexity index is 1160. The molecule has 156 valence electrons. The number of nitrogens with one attached hydrogen (secondary N) is 1. The van der Waals surface area contributed by atoms with E-state index < -0.39 is 15.9 Å². The molecule has 0 aliphatic carbocycles. The fourth-order valence-electron chi connectivity index (χ4n) is 3.03. The van der Waals surface area contributed by atoms with Gasteiger partial charge >= 0.3 is 0 Å². The largest absolute Gasteiger partial charge is 0.324 e. The van der Waals surface area contributed by atoms with E-state index in [-0.39, 0.29) is 11.4 Å². The van der Waals surface area contributed by atoms with E-state index in [4.69, 9.17) is 0 Å². The summed E-state index contributed by atoms with van der Waals surface area (Å²) in [5.74, 6) is -0.416. The Labute approximate surface area is 185 Å². The van der Waals surface area contributed by atoms with Gasteiger partial charge in [0.05, 0.1) is 10.6 Å². The Morgan fingerprint density at radius 1 is 0.900 bits per heavy atom. The van der Waals surface area contributed by atoms with Gasteiger partial charge in [-0.25, -0.2) is 8.42 Å². The topological polar surface area (TPSA) is 66.5 Å². The molecule has 0 aliphatic rings. The highest BCUT2D eigenvalue weighted by atomic mass is 79.9. The van der Waals surface area contributed by atoms with E-state index in [1.165, 1.54) is 0 Å². The van der Waals surface area contributed by atoms with Gasteiger partial charge in [0.15, 0.2) is 0 Å². The summed E-state index contributed by atoms with van der Waals surface area (Å²) in [6.45, 7) is 5.42. The number of carbonyl (C=O) groups is 1. The summed E-state index contributed by atoms with van der Waals surface area (Å²) in [4.78, 5) is 12.9. The molecule has 5 nitrogen and oxygen atoms in total. The molecule has 0 aliphatic heterocycles. The average Bonchev–Trinajstić information content (AvgIpc) is 2.69. The molecule has 0 atom stereocenters. The lowest BCUT2D eigenvalue weighted by Gasteiger charge is -2.24. The van der Waals surface area contributed by atoms with Crippen LogP contribution in [-0.2, 0) is 14.8 Å². The van der Waals surface area contributed by atoms with Crippen molar-refractivity contribution in [2.45, 2.75) is 25.7 Å². The van der Waals surface area contributed by atoms with Gasteiger partial charge < -0.3 is 5.32 Å². The molecule has 7 heteroatoms. The zero-order valence-electron chi connectivity index (χ0n) is 17.0. The fourth-order valence-corrected chi connectivity index (χ4v) is 4.72. The SMILES string of the molecule is Cc1ccc(S(=O)(=O)N(CC(=O)Nc2ccc(C)cc2C)c2ccc(Br)cc2)cc1. The third-order valence-electron chi connectivity index (χ3n) is 4.67. The highest BCUT2D eigenvalue weighted by molar-refractivity contribution is 9.10. The van der Waals surface area contributed by atoms with Crippen LogP contribution in [-0.4, -0.2) is 20.9 Å². The molecular weight excluding hydrogens is 464 g/mol. The molecule has 0 heterocycles. The van der Waals surface area contributed by atoms with E-state index in [0.29, 0.717) is 11.4 Å². The molecule has 3 aromatic carbocycles. The first kappa shape index (κ1) is 22.1. The Morgan fingerprint density at radius 3 is 2.10 bits per heavy atom. The number of aryl methyl sites for hydroxylation is 3. The summed E-state index contributed by atoms with van der Waals surface area (Å²) >= 11 is 3.36. The molecule has 0 saturated carbocycles. The van der Waals surface area contributed by atoms with E-state index in [0.717, 1.165) is 25.5 Å². The number of hydrogen-bond donors (Lipinski definition) is 1. The maximum atomic E-state index is 13.4. The lowest BCUT2D eigenvalue weighted by molar-refractivity contribution is -0.114. The van der Waals surface area contributed by atoms with Crippen LogP contribution in [0.4, 0.5) is 11.4 Å². The summed E-state index contributed by atoms with van der Waals surface area (Å²) in [5.41, 5.74) is 4.03. The summed E-state index contributed by atoms with van der Waals surface area (Å²) in [6.07, 6.45) is 0. The zero-order chi connectivity index (χ0) is 21.9. The van der Waals surface area contributed by atoms with Crippen molar-refractivity contribution < 1.29 is 13.2 Å². The number of amides is 1. The van der Waals surface area contributed by atoms with Gasteiger partial charge in [-0.3, -0.25) is 9.10 Å². The Balaban J connectivity index is 1.94. The maximum absolute atomic E-state index is 13.4. The smallest absolute Gasteiger partial charge is 0.264 e. The van der Waals surface area contributed by atoms with Crippen molar-refractivity contribution in [3.05, 3.63) is 87.9 Å². The highest BCUT2D eigenvalue weighted by Gasteiger charge is 2.27. The van der Waals surface area contributed by atoms with E-state index in [9.17, 15) is 13.2 Å². The first-order valence-corrected chi connectivity index (χ1v) is 11.6. The maximum Gasteiger partial charge on any atom is 0.264 e. The normalized spacial score (nSPS) is 11.2. The molecule has 0 fully saturated rings. The molecule has 1 amide bonds. The quantitative estimate of drug-likeness (QED) is 0.519. The summed E-state index contributed by atoms with van der Waals surface area (Å²) in [7, 11) is -3.93. The van der Waals surface area contributed by atoms with Crippen LogP contribution in [0.15, 0.2) is 76.1 Å². The van der Waals surface area contributed by atoms with Gasteiger partial charge in [0.1, 0.15) is 6.54 Å². The van der Waals surface area contributed by atoms with Crippen molar-refractivity contribution in [2.24, 2.45) is 0 Å². The second-order valence-corrected chi connectivity index (χ2v) is 9.95. The van der Waals surface area contributed by atoms with Gasteiger partial charge in [0.25, 0.3) is 10.0 Å². The fraction of sp³-hybridized carbons (Fsp3) is 0.174. The Hall–Kier alpha value is -2.64. The van der Waals surface area contributed by atoms with Crippen LogP contribution in [0, 0.1) is 20.8 Å². The van der Waals surface area contributed by atoms with Gasteiger partial charge in [-0.15, -0.1) is 0 Å². The van der Waals surface area contributed by atoms with Crippen LogP contribution in [0.5, 0.6) is 0 Å². The number of sulfonamides is 1. The molecule has 30 heavy (non-hydrogen) atoms. The van der Waals surface area contributed by atoms with Crippen molar-refractivity contribution in [1.82, 2.24) is 0 Å². The Morgan fingerprint density at radius 2 is 1.50 bits per heavy atom. The minimum absolute atomic E-state index is 0.135. The van der Waals surface area contributed by atoms with Gasteiger partial charge in [-0.05, 0) is 68.8 Å². The van der Waals surface area contributed by atoms with Crippen molar-refractivity contribution in [3.63, 3.8) is 0 Å². The second-order valence-electron chi connectivity index (χ2n) is 7.17. The third kappa shape index (κ3) is 5.09. The summed E-state index contributed by atoms with van der Waals surface area (Å²) in [5, 5.41) is 2.83. The van der Waals surface area contributed by atoms with Crippen molar-refractivity contribution in [1.29, 1.82) is 0 Å². The predicted molar refractivity (Wildman–Crippen MR) is 124 cm³/mol. The average molecular weight is 487 g/mol. The van der Waals surface area contributed by atoms with Crippen LogP contribution in [0.1, 0.15) is 16.7 Å². The standard InChI is InChI=1S/C23H23BrN2O3S/c1-16-4-11-21(12-5-16)30(28,29)26(20-9-7-19(24)8-10-20)15-23(27)25-22-13-6-17(2)14-18(22)3/h4-14H,15H2,1-3H3,(H,25,27). The van der Waals surface area contributed by atoms with Crippen LogP contribution in [0.3, 0.4) is 0 Å². The van der Waals surface area contributed by atoms with E-state index in [1.54, 1.807) is 48.5 Å². The summed E-state index contributed by atoms with van der Waals surface area (Å²) in [6, 6.07) is 19.1. The molecule has 0 spiro atoms. The molecule has 3 aromatic rings. The lowest BCUT2D eigenvalue weighted by atomic mass is 10.1. The molecule has 0 radical (unpaired) electrons. The number of carbonyl (C=O) groups excluding carboxylic acids is 1.